The Morgan fingerprint density at radius 3 is 2.92 bits per heavy atom. The summed E-state index contributed by atoms with van der Waals surface area (Å²) in [6, 6.07) is 8.06. The Bertz CT molecular complexity index is 783. The topological polar surface area (TPSA) is 56.4 Å². The average Bonchev–Trinajstić information content (AvgIpc) is 3.19. The van der Waals surface area contributed by atoms with Crippen LogP contribution in [0.2, 0.25) is 0 Å². The van der Waals surface area contributed by atoms with Crippen LogP contribution in [0.3, 0.4) is 0 Å². The lowest BCUT2D eigenvalue weighted by Gasteiger charge is -2.27. The highest BCUT2D eigenvalue weighted by atomic mass is 32.2. The molecule has 1 saturated carbocycles. The zero-order valence-electron chi connectivity index (χ0n) is 13.7. The minimum absolute atomic E-state index is 0.0345. The number of para-hydroxylation sites is 1. The maximum absolute atomic E-state index is 12.8. The number of likely N-dealkylation sites (N-methyl/N-ethyl adjacent to an activating group) is 1. The smallest absolute Gasteiger partial charge is 0.246 e. The largest absolute Gasteiger partial charge is 0.361 e. The number of amides is 2. The Hall–Kier alpha value is -1.95. The third-order valence-electron chi connectivity index (χ3n) is 4.95. The van der Waals surface area contributed by atoms with Crippen molar-refractivity contribution in [2.24, 2.45) is 0 Å². The predicted octanol–water partition coefficient (Wildman–Crippen LogP) is 2.23. The summed E-state index contributed by atoms with van der Waals surface area (Å²) in [5.41, 5.74) is 2.03. The molecular formula is C18H21N3O2S. The van der Waals surface area contributed by atoms with Crippen molar-refractivity contribution in [2.75, 3.05) is 18.7 Å². The van der Waals surface area contributed by atoms with Gasteiger partial charge in [0.2, 0.25) is 11.8 Å². The summed E-state index contributed by atoms with van der Waals surface area (Å²) in [7, 11) is 1.87. The lowest BCUT2D eigenvalue weighted by atomic mass is 10.1. The summed E-state index contributed by atoms with van der Waals surface area (Å²) in [5.74, 6) is 1.44. The van der Waals surface area contributed by atoms with Gasteiger partial charge in [0.15, 0.2) is 0 Å². The second kappa shape index (κ2) is 6.16. The molecule has 24 heavy (non-hydrogen) atoms. The van der Waals surface area contributed by atoms with Gasteiger partial charge in [0, 0.05) is 35.9 Å². The number of carbonyl (C=O) groups is 2. The van der Waals surface area contributed by atoms with Crippen LogP contribution in [0.4, 0.5) is 0 Å². The molecule has 0 spiro atoms. The summed E-state index contributed by atoms with van der Waals surface area (Å²) in [6.07, 6.45) is 4.41. The third-order valence-corrected chi connectivity index (χ3v) is 5.96. The Labute approximate surface area is 145 Å². The number of nitrogens with one attached hydrogen (secondary N) is 1. The molecule has 0 radical (unpaired) electrons. The number of H-pyrrole nitrogens is 1. The van der Waals surface area contributed by atoms with Gasteiger partial charge < -0.3 is 14.8 Å². The maximum atomic E-state index is 12.8. The minimum atomic E-state index is -0.307. The van der Waals surface area contributed by atoms with E-state index in [1.54, 1.807) is 16.7 Å². The van der Waals surface area contributed by atoms with Crippen LogP contribution in [0.25, 0.3) is 10.9 Å². The monoisotopic (exact) mass is 343 g/mol. The van der Waals surface area contributed by atoms with Crippen LogP contribution in [0.15, 0.2) is 30.5 Å². The van der Waals surface area contributed by atoms with Gasteiger partial charge in [0.25, 0.3) is 0 Å². The number of benzene rings is 1. The van der Waals surface area contributed by atoms with Crippen LogP contribution in [0.5, 0.6) is 0 Å². The molecule has 2 fully saturated rings. The lowest BCUT2D eigenvalue weighted by Crippen LogP contribution is -2.48. The second-order valence-electron chi connectivity index (χ2n) is 6.60. The van der Waals surface area contributed by atoms with Crippen molar-refractivity contribution < 1.29 is 9.59 Å². The number of carbonyl (C=O) groups excluding carboxylic acids is 2. The van der Waals surface area contributed by atoms with E-state index in [0.717, 1.165) is 29.3 Å². The van der Waals surface area contributed by atoms with Gasteiger partial charge >= 0.3 is 0 Å². The number of hydrogen-bond acceptors (Lipinski definition) is 3. The zero-order valence-corrected chi connectivity index (χ0v) is 14.5. The fourth-order valence-electron chi connectivity index (χ4n) is 3.31. The van der Waals surface area contributed by atoms with Crippen LogP contribution in [-0.2, 0) is 16.0 Å². The molecule has 6 heteroatoms. The normalized spacial score (nSPS) is 20.5. The lowest BCUT2D eigenvalue weighted by molar-refractivity contribution is -0.142. The number of fused-ring (bicyclic) bond motifs is 1. The molecule has 1 aliphatic heterocycles. The first kappa shape index (κ1) is 15.6. The van der Waals surface area contributed by atoms with E-state index in [1.165, 1.54) is 0 Å². The van der Waals surface area contributed by atoms with Crippen LogP contribution in [-0.4, -0.2) is 57.4 Å². The number of aromatic nitrogens is 1. The third kappa shape index (κ3) is 2.79. The summed E-state index contributed by atoms with van der Waals surface area (Å²) in [4.78, 5) is 32.3. The Morgan fingerprint density at radius 2 is 2.12 bits per heavy atom. The molecule has 1 N–H and O–H groups in total. The van der Waals surface area contributed by atoms with Crippen molar-refractivity contribution in [3.05, 3.63) is 36.0 Å². The standard InChI is InChI=1S/C18H21N3O2S/c1-20(13-6-7-13)18(23)16-10-24-11-21(16)17(22)8-12-9-19-15-5-3-2-4-14(12)15/h2-5,9,13,16,19H,6-8,10-11H2,1H3. The van der Waals surface area contributed by atoms with Crippen LogP contribution in [0, 0.1) is 0 Å². The molecule has 5 nitrogen and oxygen atoms in total. The summed E-state index contributed by atoms with van der Waals surface area (Å²) >= 11 is 1.66. The van der Waals surface area contributed by atoms with Crippen LogP contribution < -0.4 is 0 Å². The van der Waals surface area contributed by atoms with E-state index in [-0.39, 0.29) is 17.9 Å². The fraction of sp³-hybridized carbons (Fsp3) is 0.444. The van der Waals surface area contributed by atoms with Crippen LogP contribution in [0.1, 0.15) is 18.4 Å². The molecule has 1 unspecified atom stereocenters. The van der Waals surface area contributed by atoms with Gasteiger partial charge in [-0.3, -0.25) is 9.59 Å². The molecule has 1 aliphatic carbocycles. The molecule has 2 amide bonds. The second-order valence-corrected chi connectivity index (χ2v) is 7.60. The molecule has 2 aromatic rings. The van der Waals surface area contributed by atoms with E-state index in [1.807, 2.05) is 42.4 Å². The Morgan fingerprint density at radius 1 is 1.33 bits per heavy atom. The van der Waals surface area contributed by atoms with Gasteiger partial charge in [0.05, 0.1) is 12.3 Å². The number of thioether (sulfide) groups is 1. The molecule has 1 atom stereocenters. The van der Waals surface area contributed by atoms with Crippen molar-refractivity contribution in [3.8, 4) is 0 Å². The van der Waals surface area contributed by atoms with Crippen molar-refractivity contribution >= 4 is 34.5 Å². The van der Waals surface area contributed by atoms with E-state index < -0.39 is 0 Å². The highest BCUT2D eigenvalue weighted by Crippen LogP contribution is 2.30. The molecule has 1 saturated heterocycles. The van der Waals surface area contributed by atoms with E-state index in [9.17, 15) is 9.59 Å². The van der Waals surface area contributed by atoms with Gasteiger partial charge in [-0.1, -0.05) is 18.2 Å². The first-order valence-electron chi connectivity index (χ1n) is 8.34. The van der Waals surface area contributed by atoms with Gasteiger partial charge in [-0.05, 0) is 24.5 Å². The Kier molecular flexibility index (Phi) is 4.00. The molecule has 2 aliphatic rings. The van der Waals surface area contributed by atoms with E-state index in [4.69, 9.17) is 0 Å². The quantitative estimate of drug-likeness (QED) is 0.926. The van der Waals surface area contributed by atoms with E-state index >= 15 is 0 Å². The Balaban J connectivity index is 1.49. The number of hydrogen-bond donors (Lipinski definition) is 1. The minimum Gasteiger partial charge on any atom is -0.361 e. The molecular weight excluding hydrogens is 322 g/mol. The molecule has 1 aromatic heterocycles. The van der Waals surface area contributed by atoms with Crippen molar-refractivity contribution in [1.29, 1.82) is 0 Å². The number of rotatable bonds is 4. The van der Waals surface area contributed by atoms with Crippen molar-refractivity contribution in [3.63, 3.8) is 0 Å². The highest BCUT2D eigenvalue weighted by Gasteiger charge is 2.40. The summed E-state index contributed by atoms with van der Waals surface area (Å²) < 4.78 is 0. The fourth-order valence-corrected chi connectivity index (χ4v) is 4.48. The SMILES string of the molecule is CN(C(=O)C1CSCN1C(=O)Cc1c[nH]c2ccccc12)C1CC1. The van der Waals surface area contributed by atoms with E-state index in [2.05, 4.69) is 4.98 Å². The number of nitrogens with zero attached hydrogens (tertiary/aromatic N) is 2. The van der Waals surface area contributed by atoms with Crippen molar-refractivity contribution in [2.45, 2.75) is 31.3 Å². The molecule has 0 bridgehead atoms. The van der Waals surface area contributed by atoms with Gasteiger partial charge in [-0.15, -0.1) is 11.8 Å². The van der Waals surface area contributed by atoms with Gasteiger partial charge in [0.1, 0.15) is 6.04 Å². The molecule has 2 heterocycles. The highest BCUT2D eigenvalue weighted by molar-refractivity contribution is 7.99. The van der Waals surface area contributed by atoms with Crippen molar-refractivity contribution in [1.82, 2.24) is 14.8 Å². The predicted molar refractivity (Wildman–Crippen MR) is 95.8 cm³/mol. The molecule has 4 rings (SSSR count). The molecule has 126 valence electrons. The van der Waals surface area contributed by atoms with E-state index in [0.29, 0.717) is 24.1 Å². The number of aromatic amines is 1. The van der Waals surface area contributed by atoms with Gasteiger partial charge in [-0.2, -0.15) is 0 Å². The summed E-state index contributed by atoms with van der Waals surface area (Å²) in [5, 5.41) is 1.08. The first-order valence-corrected chi connectivity index (χ1v) is 9.49. The first-order chi connectivity index (χ1) is 11.6. The average molecular weight is 343 g/mol. The van der Waals surface area contributed by atoms with Crippen LogP contribution >= 0.6 is 11.8 Å². The van der Waals surface area contributed by atoms with Gasteiger partial charge in [-0.25, -0.2) is 0 Å². The zero-order chi connectivity index (χ0) is 16.7. The molecule has 1 aromatic carbocycles. The maximum Gasteiger partial charge on any atom is 0.246 e. The summed E-state index contributed by atoms with van der Waals surface area (Å²) in [6.45, 7) is 0.